The summed E-state index contributed by atoms with van der Waals surface area (Å²) in [5, 5.41) is 9.05. The van der Waals surface area contributed by atoms with Crippen molar-refractivity contribution in [2.24, 2.45) is 0 Å². The first kappa shape index (κ1) is 13.6. The predicted molar refractivity (Wildman–Crippen MR) is 70.6 cm³/mol. The Bertz CT molecular complexity index is 370. The number of nitrogens with zero attached hydrogens (tertiary/aromatic N) is 1. The Balaban J connectivity index is 2.93. The highest BCUT2D eigenvalue weighted by Gasteiger charge is 2.19. The topological polar surface area (TPSA) is 40.5 Å². The molecule has 0 saturated heterocycles. The smallest absolute Gasteiger partial charge is 0.326 e. The molecule has 0 spiro atoms. The van der Waals surface area contributed by atoms with Gasteiger partial charge in [0.1, 0.15) is 6.04 Å². The second-order valence-corrected chi connectivity index (χ2v) is 4.55. The lowest BCUT2D eigenvalue weighted by molar-refractivity contribution is -0.138. The molecule has 0 bridgehead atoms. The highest BCUT2D eigenvalue weighted by atomic mass is 16.4. The minimum atomic E-state index is -0.792. The van der Waals surface area contributed by atoms with E-state index in [-0.39, 0.29) is 0 Å². The molecule has 0 amide bonds. The van der Waals surface area contributed by atoms with Gasteiger partial charge in [0.25, 0.3) is 0 Å². The van der Waals surface area contributed by atoms with Gasteiger partial charge in [-0.1, -0.05) is 26.0 Å². The van der Waals surface area contributed by atoms with Gasteiger partial charge in [0.05, 0.1) is 0 Å². The van der Waals surface area contributed by atoms with Gasteiger partial charge in [0.15, 0.2) is 0 Å². The molecule has 0 unspecified atom stereocenters. The van der Waals surface area contributed by atoms with Crippen LogP contribution in [0.1, 0.15) is 39.2 Å². The van der Waals surface area contributed by atoms with E-state index in [1.54, 1.807) is 6.92 Å². The van der Waals surface area contributed by atoms with Crippen LogP contribution in [-0.2, 0) is 4.79 Å². The highest BCUT2D eigenvalue weighted by molar-refractivity contribution is 5.77. The van der Waals surface area contributed by atoms with E-state index >= 15 is 0 Å². The van der Waals surface area contributed by atoms with Gasteiger partial charge in [-0.25, -0.2) is 4.79 Å². The maximum atomic E-state index is 11.0. The summed E-state index contributed by atoms with van der Waals surface area (Å²) in [6.45, 7) is 8.66. The zero-order valence-corrected chi connectivity index (χ0v) is 11.0. The van der Waals surface area contributed by atoms with Crippen LogP contribution in [0, 0.1) is 0 Å². The van der Waals surface area contributed by atoms with Crippen LogP contribution in [0.4, 0.5) is 5.69 Å². The van der Waals surface area contributed by atoms with Crippen LogP contribution in [-0.4, -0.2) is 23.7 Å². The van der Waals surface area contributed by atoms with Gasteiger partial charge in [0.2, 0.25) is 0 Å². The summed E-state index contributed by atoms with van der Waals surface area (Å²) >= 11 is 0. The Morgan fingerprint density at radius 3 is 2.12 bits per heavy atom. The van der Waals surface area contributed by atoms with Gasteiger partial charge in [-0.3, -0.25) is 0 Å². The average Bonchev–Trinajstić information content (AvgIpc) is 2.30. The van der Waals surface area contributed by atoms with E-state index in [2.05, 4.69) is 26.0 Å². The van der Waals surface area contributed by atoms with Crippen LogP contribution >= 0.6 is 0 Å². The lowest BCUT2D eigenvalue weighted by Gasteiger charge is -2.27. The number of anilines is 1. The minimum Gasteiger partial charge on any atom is -0.480 e. The second-order valence-electron chi connectivity index (χ2n) is 4.55. The second kappa shape index (κ2) is 5.71. The Kier molecular flexibility index (Phi) is 4.55. The fourth-order valence-electron chi connectivity index (χ4n) is 1.86. The van der Waals surface area contributed by atoms with Gasteiger partial charge in [-0.05, 0) is 37.5 Å². The molecule has 3 nitrogen and oxygen atoms in total. The third-order valence-electron chi connectivity index (χ3n) is 3.06. The van der Waals surface area contributed by atoms with E-state index < -0.39 is 12.0 Å². The molecular formula is C14H21NO2. The first-order valence-electron chi connectivity index (χ1n) is 6.06. The molecule has 0 radical (unpaired) electrons. The van der Waals surface area contributed by atoms with Crippen molar-refractivity contribution >= 4 is 11.7 Å². The van der Waals surface area contributed by atoms with Gasteiger partial charge < -0.3 is 10.0 Å². The Morgan fingerprint density at radius 2 is 1.76 bits per heavy atom. The number of carboxylic acid groups (broad SMARTS) is 1. The van der Waals surface area contributed by atoms with Crippen molar-refractivity contribution < 1.29 is 9.90 Å². The van der Waals surface area contributed by atoms with Crippen molar-refractivity contribution in [1.82, 2.24) is 0 Å². The predicted octanol–water partition coefficient (Wildman–Crippen LogP) is 3.11. The van der Waals surface area contributed by atoms with Gasteiger partial charge >= 0.3 is 5.97 Å². The first-order chi connectivity index (χ1) is 7.97. The van der Waals surface area contributed by atoms with Crippen LogP contribution < -0.4 is 4.90 Å². The third-order valence-corrected chi connectivity index (χ3v) is 3.06. The zero-order valence-electron chi connectivity index (χ0n) is 11.0. The molecule has 0 saturated carbocycles. The van der Waals surface area contributed by atoms with Crippen molar-refractivity contribution in [3.05, 3.63) is 29.8 Å². The maximum Gasteiger partial charge on any atom is 0.326 e. The monoisotopic (exact) mass is 235 g/mol. The summed E-state index contributed by atoms with van der Waals surface area (Å²) in [5.74, 6) is -0.296. The van der Waals surface area contributed by atoms with Crippen molar-refractivity contribution in [1.29, 1.82) is 0 Å². The Hall–Kier alpha value is -1.51. The van der Waals surface area contributed by atoms with Crippen molar-refractivity contribution in [3.63, 3.8) is 0 Å². The SMILES string of the molecule is CCN(c1ccc(C(C)C)cc1)[C@@H](C)C(=O)O. The molecule has 3 heteroatoms. The number of benzene rings is 1. The van der Waals surface area contributed by atoms with Crippen LogP contribution in [0.5, 0.6) is 0 Å². The first-order valence-corrected chi connectivity index (χ1v) is 6.06. The normalized spacial score (nSPS) is 12.5. The number of hydrogen-bond donors (Lipinski definition) is 1. The van der Waals surface area contributed by atoms with Crippen molar-refractivity contribution in [3.8, 4) is 0 Å². The fraction of sp³-hybridized carbons (Fsp3) is 0.500. The Labute approximate surface area is 103 Å². The van der Waals surface area contributed by atoms with Crippen LogP contribution in [0.3, 0.4) is 0 Å². The molecule has 1 N–H and O–H groups in total. The molecule has 1 rings (SSSR count). The van der Waals surface area contributed by atoms with Gasteiger partial charge in [-0.15, -0.1) is 0 Å². The van der Waals surface area contributed by atoms with Crippen LogP contribution in [0.25, 0.3) is 0 Å². The zero-order chi connectivity index (χ0) is 13.0. The maximum absolute atomic E-state index is 11.0. The van der Waals surface area contributed by atoms with Crippen molar-refractivity contribution in [2.45, 2.75) is 39.7 Å². The summed E-state index contributed by atoms with van der Waals surface area (Å²) < 4.78 is 0. The molecule has 1 aromatic rings. The number of aliphatic carboxylic acids is 1. The summed E-state index contributed by atoms with van der Waals surface area (Å²) in [5.41, 5.74) is 2.24. The number of rotatable bonds is 5. The molecule has 1 aromatic carbocycles. The molecule has 0 aliphatic heterocycles. The number of carboxylic acids is 1. The number of hydrogen-bond acceptors (Lipinski definition) is 2. The van der Waals surface area contributed by atoms with E-state index in [1.165, 1.54) is 5.56 Å². The molecule has 17 heavy (non-hydrogen) atoms. The van der Waals surface area contributed by atoms with Gasteiger partial charge in [-0.2, -0.15) is 0 Å². The molecule has 0 aliphatic carbocycles. The molecule has 0 fully saturated rings. The number of carbonyl (C=O) groups is 1. The lowest BCUT2D eigenvalue weighted by Crippen LogP contribution is -2.38. The third kappa shape index (κ3) is 3.22. The van der Waals surface area contributed by atoms with Crippen molar-refractivity contribution in [2.75, 3.05) is 11.4 Å². The van der Waals surface area contributed by atoms with E-state index in [1.807, 2.05) is 24.0 Å². The number of likely N-dealkylation sites (N-methyl/N-ethyl adjacent to an activating group) is 1. The lowest BCUT2D eigenvalue weighted by atomic mass is 10.0. The summed E-state index contributed by atoms with van der Waals surface area (Å²) in [6, 6.07) is 7.63. The van der Waals surface area contributed by atoms with E-state index in [0.29, 0.717) is 12.5 Å². The summed E-state index contributed by atoms with van der Waals surface area (Å²) in [4.78, 5) is 12.9. The quantitative estimate of drug-likeness (QED) is 0.852. The van der Waals surface area contributed by atoms with E-state index in [0.717, 1.165) is 5.69 Å². The minimum absolute atomic E-state index is 0.495. The highest BCUT2D eigenvalue weighted by Crippen LogP contribution is 2.21. The molecular weight excluding hydrogens is 214 g/mol. The average molecular weight is 235 g/mol. The summed E-state index contributed by atoms with van der Waals surface area (Å²) in [7, 11) is 0. The molecule has 0 aromatic heterocycles. The van der Waals surface area contributed by atoms with Gasteiger partial charge in [0, 0.05) is 12.2 Å². The molecule has 94 valence electrons. The standard InChI is InChI=1S/C14H21NO2/c1-5-15(11(4)14(16)17)13-8-6-12(7-9-13)10(2)3/h6-11H,5H2,1-4H3,(H,16,17)/t11-/m0/s1. The van der Waals surface area contributed by atoms with E-state index in [4.69, 9.17) is 5.11 Å². The van der Waals surface area contributed by atoms with Crippen LogP contribution in [0.2, 0.25) is 0 Å². The molecule has 1 atom stereocenters. The molecule has 0 heterocycles. The summed E-state index contributed by atoms with van der Waals surface area (Å²) in [6.07, 6.45) is 0. The Morgan fingerprint density at radius 1 is 1.24 bits per heavy atom. The largest absolute Gasteiger partial charge is 0.480 e. The van der Waals surface area contributed by atoms with Crippen LogP contribution in [0.15, 0.2) is 24.3 Å². The van der Waals surface area contributed by atoms with E-state index in [9.17, 15) is 4.79 Å². The fourth-order valence-corrected chi connectivity index (χ4v) is 1.86. The molecule has 0 aliphatic rings.